The molecule has 1 aliphatic heterocycles. The first-order valence-electron chi connectivity index (χ1n) is 12.1. The van der Waals surface area contributed by atoms with Crippen LogP contribution in [0.5, 0.6) is 11.5 Å². The number of nitrogens with one attached hydrogen (secondary N) is 1. The van der Waals surface area contributed by atoms with Gasteiger partial charge in [-0.3, -0.25) is 14.5 Å². The molecule has 2 aliphatic rings. The van der Waals surface area contributed by atoms with Crippen molar-refractivity contribution >= 4 is 29.1 Å². The molecule has 1 fully saturated rings. The lowest BCUT2D eigenvalue weighted by Gasteiger charge is -2.33. The minimum atomic E-state index is -1.18. The lowest BCUT2D eigenvalue weighted by molar-refractivity contribution is -0.123. The molecule has 0 saturated heterocycles. The van der Waals surface area contributed by atoms with Gasteiger partial charge in [0.1, 0.15) is 30.9 Å². The molecule has 9 heteroatoms. The van der Waals surface area contributed by atoms with E-state index in [-0.39, 0.29) is 22.3 Å². The van der Waals surface area contributed by atoms with E-state index < -0.39 is 29.5 Å². The molecule has 192 valence electrons. The van der Waals surface area contributed by atoms with Gasteiger partial charge in [0.05, 0.1) is 5.02 Å². The van der Waals surface area contributed by atoms with Crippen molar-refractivity contribution in [2.75, 3.05) is 18.1 Å². The van der Waals surface area contributed by atoms with E-state index >= 15 is 0 Å². The number of rotatable bonds is 6. The van der Waals surface area contributed by atoms with E-state index in [0.717, 1.165) is 31.7 Å². The molecular formula is C28H25ClF2N2O4. The van der Waals surface area contributed by atoms with Crippen LogP contribution in [0, 0.1) is 11.6 Å². The Morgan fingerprint density at radius 3 is 2.32 bits per heavy atom. The van der Waals surface area contributed by atoms with Crippen molar-refractivity contribution in [2.24, 2.45) is 0 Å². The molecule has 0 spiro atoms. The zero-order valence-corrected chi connectivity index (χ0v) is 20.6. The van der Waals surface area contributed by atoms with Gasteiger partial charge in [-0.2, -0.15) is 0 Å². The van der Waals surface area contributed by atoms with Gasteiger partial charge >= 0.3 is 0 Å². The predicted molar refractivity (Wildman–Crippen MR) is 135 cm³/mol. The summed E-state index contributed by atoms with van der Waals surface area (Å²) in [5.41, 5.74) is 0.830. The Morgan fingerprint density at radius 1 is 0.919 bits per heavy atom. The first kappa shape index (κ1) is 25.0. The summed E-state index contributed by atoms with van der Waals surface area (Å²) in [6, 6.07) is 12.8. The highest BCUT2D eigenvalue weighted by Gasteiger charge is 2.35. The monoisotopic (exact) mass is 526 g/mol. The van der Waals surface area contributed by atoms with Gasteiger partial charge in [-0.25, -0.2) is 8.78 Å². The third-order valence-electron chi connectivity index (χ3n) is 6.58. The summed E-state index contributed by atoms with van der Waals surface area (Å²) in [6.45, 7) is 0.735. The molecule has 1 heterocycles. The van der Waals surface area contributed by atoms with Gasteiger partial charge in [-0.15, -0.1) is 0 Å². The van der Waals surface area contributed by atoms with E-state index in [4.69, 9.17) is 21.1 Å². The fourth-order valence-corrected chi connectivity index (χ4v) is 4.92. The molecular weight excluding hydrogens is 502 g/mol. The number of ether oxygens (including phenoxy) is 2. The first-order valence-corrected chi connectivity index (χ1v) is 12.5. The quantitative estimate of drug-likeness (QED) is 0.438. The molecule has 2 amide bonds. The summed E-state index contributed by atoms with van der Waals surface area (Å²) in [5, 5.41) is 2.84. The maximum atomic E-state index is 14.1. The molecule has 37 heavy (non-hydrogen) atoms. The second kappa shape index (κ2) is 10.8. The van der Waals surface area contributed by atoms with Crippen molar-refractivity contribution in [2.45, 2.75) is 37.8 Å². The molecule has 1 N–H and O–H groups in total. The van der Waals surface area contributed by atoms with E-state index in [1.807, 2.05) is 0 Å². The fourth-order valence-electron chi connectivity index (χ4n) is 4.75. The second-order valence-corrected chi connectivity index (χ2v) is 9.48. The fraction of sp³-hybridized carbons (Fsp3) is 0.286. The van der Waals surface area contributed by atoms with E-state index in [1.54, 1.807) is 18.2 Å². The smallest absolute Gasteiger partial charge is 0.259 e. The molecule has 3 aromatic carbocycles. The molecule has 1 saturated carbocycles. The van der Waals surface area contributed by atoms with Crippen LogP contribution < -0.4 is 19.7 Å². The van der Waals surface area contributed by atoms with Gasteiger partial charge in [0.15, 0.2) is 11.5 Å². The van der Waals surface area contributed by atoms with Crippen molar-refractivity contribution in [1.82, 2.24) is 5.32 Å². The third kappa shape index (κ3) is 5.39. The van der Waals surface area contributed by atoms with Gasteiger partial charge in [0.2, 0.25) is 5.91 Å². The highest BCUT2D eigenvalue weighted by Crippen LogP contribution is 2.36. The molecule has 0 unspecified atom stereocenters. The number of benzene rings is 3. The van der Waals surface area contributed by atoms with Gasteiger partial charge in [0, 0.05) is 17.3 Å². The van der Waals surface area contributed by atoms with Crippen LogP contribution in [0.4, 0.5) is 14.5 Å². The summed E-state index contributed by atoms with van der Waals surface area (Å²) in [6.07, 6.45) is 3.67. The number of carbonyl (C=O) groups excluding carboxylic acids is 2. The summed E-state index contributed by atoms with van der Waals surface area (Å²) < 4.78 is 39.1. The lowest BCUT2D eigenvalue weighted by Crippen LogP contribution is -2.46. The van der Waals surface area contributed by atoms with E-state index in [9.17, 15) is 18.4 Å². The van der Waals surface area contributed by atoms with Gasteiger partial charge in [0.25, 0.3) is 5.91 Å². The van der Waals surface area contributed by atoms with Crippen molar-refractivity contribution < 1.29 is 27.8 Å². The molecule has 6 nitrogen and oxygen atoms in total. The Balaban J connectivity index is 1.62. The summed E-state index contributed by atoms with van der Waals surface area (Å²) in [7, 11) is 0. The van der Waals surface area contributed by atoms with Crippen LogP contribution >= 0.6 is 11.6 Å². The molecule has 1 atom stereocenters. The summed E-state index contributed by atoms with van der Waals surface area (Å²) >= 11 is 6.09. The number of carbonyl (C=O) groups is 2. The van der Waals surface area contributed by atoms with Gasteiger partial charge in [-0.1, -0.05) is 36.6 Å². The number of amides is 2. The average molecular weight is 527 g/mol. The van der Waals surface area contributed by atoms with Crippen LogP contribution in [0.3, 0.4) is 0 Å². The van der Waals surface area contributed by atoms with E-state index in [1.165, 1.54) is 41.3 Å². The Hall–Kier alpha value is -3.65. The number of hydrogen-bond acceptors (Lipinski definition) is 4. The zero-order valence-electron chi connectivity index (χ0n) is 19.9. The molecule has 0 radical (unpaired) electrons. The van der Waals surface area contributed by atoms with Crippen molar-refractivity contribution in [1.29, 1.82) is 0 Å². The van der Waals surface area contributed by atoms with Crippen LogP contribution in [0.15, 0.2) is 60.7 Å². The van der Waals surface area contributed by atoms with Crippen LogP contribution in [0.1, 0.15) is 47.6 Å². The molecule has 3 aromatic rings. The van der Waals surface area contributed by atoms with Gasteiger partial charge in [-0.05, 0) is 66.9 Å². The van der Waals surface area contributed by atoms with Gasteiger partial charge < -0.3 is 14.8 Å². The highest BCUT2D eigenvalue weighted by molar-refractivity contribution is 6.31. The number of fused-ring (bicyclic) bond motifs is 1. The topological polar surface area (TPSA) is 67.9 Å². The van der Waals surface area contributed by atoms with Crippen molar-refractivity contribution in [3.05, 3.63) is 88.4 Å². The SMILES string of the molecule is O=C(NC1CCCC1)[C@@H](c1ccc(F)cc1)N(C(=O)c1ccc2c(c1)OCCO2)c1ccc(F)c(Cl)c1. The maximum absolute atomic E-state index is 14.1. The van der Waals surface area contributed by atoms with Crippen molar-refractivity contribution in [3.8, 4) is 11.5 Å². The normalized spacial score (nSPS) is 15.8. The average Bonchev–Trinajstić information content (AvgIpc) is 3.42. The minimum Gasteiger partial charge on any atom is -0.486 e. The number of hydrogen-bond donors (Lipinski definition) is 1. The Kier molecular flexibility index (Phi) is 7.28. The highest BCUT2D eigenvalue weighted by atomic mass is 35.5. The molecule has 0 bridgehead atoms. The van der Waals surface area contributed by atoms with Crippen LogP contribution in [0.25, 0.3) is 0 Å². The summed E-state index contributed by atoms with van der Waals surface area (Å²) in [5.74, 6) is -1.20. The first-order chi connectivity index (χ1) is 17.9. The number of halogens is 3. The second-order valence-electron chi connectivity index (χ2n) is 9.08. The lowest BCUT2D eigenvalue weighted by atomic mass is 10.0. The van der Waals surface area contributed by atoms with Crippen molar-refractivity contribution in [3.63, 3.8) is 0 Å². The van der Waals surface area contributed by atoms with E-state index in [0.29, 0.717) is 30.3 Å². The largest absolute Gasteiger partial charge is 0.486 e. The van der Waals surface area contributed by atoms with E-state index in [2.05, 4.69) is 5.32 Å². The number of nitrogens with zero attached hydrogens (tertiary/aromatic N) is 1. The zero-order chi connectivity index (χ0) is 25.9. The molecule has 1 aliphatic carbocycles. The Morgan fingerprint density at radius 2 is 1.62 bits per heavy atom. The Labute approximate surface area is 218 Å². The van der Waals surface area contributed by atoms with Crippen LogP contribution in [-0.2, 0) is 4.79 Å². The van der Waals surface area contributed by atoms with Crippen LogP contribution in [-0.4, -0.2) is 31.1 Å². The molecule has 5 rings (SSSR count). The maximum Gasteiger partial charge on any atom is 0.259 e. The molecule has 0 aromatic heterocycles. The number of anilines is 1. The predicted octanol–water partition coefficient (Wildman–Crippen LogP) is 5.84. The minimum absolute atomic E-state index is 0.0292. The standard InChI is InChI=1S/C28H25ClF2N2O4/c29-22-16-21(10-11-23(22)31)33(28(35)18-7-12-24-25(15-18)37-14-13-36-24)26(17-5-8-19(30)9-6-17)27(34)32-20-3-1-2-4-20/h5-12,15-16,20,26H,1-4,13-14H2,(H,32,34)/t26-/m1/s1. The Bertz CT molecular complexity index is 1310. The van der Waals surface area contributed by atoms with Crippen LogP contribution in [0.2, 0.25) is 5.02 Å². The summed E-state index contributed by atoms with van der Waals surface area (Å²) in [4.78, 5) is 29.1. The third-order valence-corrected chi connectivity index (χ3v) is 6.87.